The van der Waals surface area contributed by atoms with Crippen molar-refractivity contribution < 1.29 is 58.6 Å². The number of ether oxygens (including phenoxy) is 4. The first-order valence-corrected chi connectivity index (χ1v) is 24.2. The highest BCUT2D eigenvalue weighted by atomic mass is 16.7. The predicted octanol–water partition coefficient (Wildman–Crippen LogP) is 7.89. The molecule has 0 saturated carbocycles. The summed E-state index contributed by atoms with van der Waals surface area (Å²) in [7, 11) is 0. The zero-order chi connectivity index (χ0) is 45.6. The van der Waals surface area contributed by atoms with Gasteiger partial charge in [0, 0.05) is 18.8 Å². The Morgan fingerprint density at radius 2 is 1.15 bits per heavy atom. The number of hydrogen-bond donors (Lipinski definition) is 5. The molecule has 10 unspecified atom stereocenters. The second kappa shape index (κ2) is 34.3. The van der Waals surface area contributed by atoms with Gasteiger partial charge in [-0.2, -0.15) is 0 Å². The highest BCUT2D eigenvalue weighted by molar-refractivity contribution is 5.87. The first kappa shape index (κ1) is 56.9. The van der Waals surface area contributed by atoms with Gasteiger partial charge in [-0.05, 0) is 57.3 Å². The summed E-state index contributed by atoms with van der Waals surface area (Å²) < 4.78 is 23.9. The number of rotatable bonds is 37. The maximum absolute atomic E-state index is 13.6. The number of aliphatic hydroxyl groups is 4. The summed E-state index contributed by atoms with van der Waals surface area (Å²) in [4.78, 5) is 53.6. The molecule has 5 N–H and O–H groups in total. The molecule has 13 heteroatoms. The summed E-state index contributed by atoms with van der Waals surface area (Å²) in [6.07, 6.45) is 11.8. The van der Waals surface area contributed by atoms with Crippen molar-refractivity contribution >= 4 is 23.6 Å². The minimum absolute atomic E-state index is 0.0531. The van der Waals surface area contributed by atoms with Crippen LogP contribution in [0.25, 0.3) is 0 Å². The van der Waals surface area contributed by atoms with E-state index in [2.05, 4.69) is 26.1 Å². The molecular weight excluding hydrogens is 783 g/mol. The molecule has 1 fully saturated rings. The Balaban J connectivity index is 3.08. The number of esters is 2. The quantitative estimate of drug-likeness (QED) is 0.0299. The number of Topliss-reactive ketones (excluding diaryl/α,β-unsaturated/α-hetero) is 1. The van der Waals surface area contributed by atoms with Crippen LogP contribution in [-0.2, 0) is 38.1 Å². The average molecular weight is 872 g/mol. The van der Waals surface area contributed by atoms with E-state index in [-0.39, 0.29) is 68.5 Å². The minimum Gasteiger partial charge on any atom is -0.462 e. The highest BCUT2D eigenvalue weighted by Gasteiger charge is 2.41. The summed E-state index contributed by atoms with van der Waals surface area (Å²) in [6, 6.07) is -0.481. The number of carbonyl (C=O) groups is 4. The second-order valence-electron chi connectivity index (χ2n) is 18.3. The largest absolute Gasteiger partial charge is 0.462 e. The van der Waals surface area contributed by atoms with E-state index < -0.39 is 67.1 Å². The number of nitrogens with one attached hydrogen (secondary N) is 1. The van der Waals surface area contributed by atoms with E-state index in [1.54, 1.807) is 0 Å². The molecule has 1 aliphatic rings. The molecule has 0 radical (unpaired) electrons. The summed E-state index contributed by atoms with van der Waals surface area (Å²) in [5.41, 5.74) is 0. The second-order valence-corrected chi connectivity index (χ2v) is 18.3. The molecule has 13 nitrogen and oxygen atoms in total. The molecule has 61 heavy (non-hydrogen) atoms. The molecular formula is C48H89NO12. The molecule has 0 aromatic carbocycles. The van der Waals surface area contributed by atoms with Crippen molar-refractivity contribution in [2.24, 2.45) is 23.7 Å². The fourth-order valence-electron chi connectivity index (χ4n) is 7.98. The van der Waals surface area contributed by atoms with E-state index >= 15 is 0 Å². The molecule has 358 valence electrons. The lowest BCUT2D eigenvalue weighted by atomic mass is 9.91. The van der Waals surface area contributed by atoms with Crippen LogP contribution in [-0.4, -0.2) is 107 Å². The van der Waals surface area contributed by atoms with Gasteiger partial charge in [-0.1, -0.05) is 125 Å². The van der Waals surface area contributed by atoms with Crippen LogP contribution in [0.3, 0.4) is 0 Å². The Hall–Kier alpha value is -2.16. The van der Waals surface area contributed by atoms with E-state index in [1.807, 2.05) is 27.7 Å². The smallest absolute Gasteiger partial charge is 0.309 e. The molecule has 0 aromatic rings. The number of carbonyl (C=O) groups excluding carboxylic acids is 4. The lowest BCUT2D eigenvalue weighted by Crippen LogP contribution is -2.53. The maximum Gasteiger partial charge on any atom is 0.309 e. The fourth-order valence-corrected chi connectivity index (χ4v) is 7.98. The molecule has 1 saturated heterocycles. The van der Waals surface area contributed by atoms with Crippen LogP contribution < -0.4 is 5.32 Å². The van der Waals surface area contributed by atoms with Gasteiger partial charge in [0.05, 0.1) is 56.8 Å². The minimum atomic E-state index is -1.21. The van der Waals surface area contributed by atoms with Gasteiger partial charge in [0.2, 0.25) is 5.91 Å². The number of amides is 1. The molecule has 1 rings (SSSR count). The van der Waals surface area contributed by atoms with E-state index in [1.165, 1.54) is 0 Å². The Morgan fingerprint density at radius 1 is 0.639 bits per heavy atom. The van der Waals surface area contributed by atoms with Gasteiger partial charge >= 0.3 is 11.9 Å². The Morgan fingerprint density at radius 3 is 1.66 bits per heavy atom. The van der Waals surface area contributed by atoms with Crippen LogP contribution >= 0.6 is 0 Å². The first-order valence-electron chi connectivity index (χ1n) is 24.2. The molecule has 0 aromatic heterocycles. The number of unbranched alkanes of at least 4 members (excludes halogenated alkanes) is 12. The number of aliphatic hydroxyl groups excluding tert-OH is 4. The van der Waals surface area contributed by atoms with E-state index in [9.17, 15) is 39.6 Å². The van der Waals surface area contributed by atoms with Crippen LogP contribution in [0.1, 0.15) is 196 Å². The zero-order valence-electron chi connectivity index (χ0n) is 39.3. The van der Waals surface area contributed by atoms with Gasteiger partial charge in [0.15, 0.2) is 6.29 Å². The van der Waals surface area contributed by atoms with Crippen LogP contribution in [0, 0.1) is 23.7 Å². The summed E-state index contributed by atoms with van der Waals surface area (Å²) in [5, 5.41) is 43.7. The van der Waals surface area contributed by atoms with Crippen molar-refractivity contribution in [2.75, 3.05) is 19.8 Å². The third kappa shape index (κ3) is 25.7. The average Bonchev–Trinajstić information content (AvgIpc) is 3.21. The normalized spacial score (nSPS) is 21.7. The molecule has 0 spiro atoms. The molecule has 0 bridgehead atoms. The summed E-state index contributed by atoms with van der Waals surface area (Å²) >= 11 is 0. The van der Waals surface area contributed by atoms with Gasteiger partial charge in [0.1, 0.15) is 24.1 Å². The van der Waals surface area contributed by atoms with Crippen molar-refractivity contribution in [2.45, 2.75) is 239 Å². The summed E-state index contributed by atoms with van der Waals surface area (Å²) in [6.45, 7) is 13.4. The van der Waals surface area contributed by atoms with Crippen LogP contribution in [0.5, 0.6) is 0 Å². The van der Waals surface area contributed by atoms with Gasteiger partial charge < -0.3 is 44.7 Å². The third-order valence-electron chi connectivity index (χ3n) is 12.0. The van der Waals surface area contributed by atoms with Crippen molar-refractivity contribution in [3.05, 3.63) is 0 Å². The maximum atomic E-state index is 13.6. The topological polar surface area (TPSA) is 198 Å². The third-order valence-corrected chi connectivity index (χ3v) is 12.0. The SMILES string of the molecule is CCCCCCCC(COC1OC(C)C(C)C(O)C1O)CC(=O)OC(CCCCCCC)CC(=O)OC(CCCCCCC)CC(=O)CC(CO)C(=O)NC(CO)CC(C)C. The van der Waals surface area contributed by atoms with Gasteiger partial charge in [-0.15, -0.1) is 0 Å². The van der Waals surface area contributed by atoms with Crippen LogP contribution in [0.15, 0.2) is 0 Å². The lowest BCUT2D eigenvalue weighted by molar-refractivity contribution is -0.282. The van der Waals surface area contributed by atoms with E-state index in [0.29, 0.717) is 25.7 Å². The molecule has 1 heterocycles. The summed E-state index contributed by atoms with van der Waals surface area (Å²) in [5.74, 6) is -3.07. The number of hydrogen-bond acceptors (Lipinski definition) is 12. The van der Waals surface area contributed by atoms with Crippen molar-refractivity contribution in [1.82, 2.24) is 5.32 Å². The van der Waals surface area contributed by atoms with Crippen molar-refractivity contribution in [3.8, 4) is 0 Å². The predicted molar refractivity (Wildman–Crippen MR) is 237 cm³/mol. The Labute approximate surface area is 369 Å². The molecule has 10 atom stereocenters. The van der Waals surface area contributed by atoms with Gasteiger partial charge in [0.25, 0.3) is 0 Å². The van der Waals surface area contributed by atoms with Crippen LogP contribution in [0.2, 0.25) is 0 Å². The first-order chi connectivity index (χ1) is 29.2. The number of ketones is 1. The molecule has 1 amide bonds. The van der Waals surface area contributed by atoms with Gasteiger partial charge in [-0.3, -0.25) is 19.2 Å². The van der Waals surface area contributed by atoms with Crippen molar-refractivity contribution in [1.29, 1.82) is 0 Å². The monoisotopic (exact) mass is 872 g/mol. The molecule has 1 aliphatic heterocycles. The van der Waals surface area contributed by atoms with Crippen LogP contribution in [0.4, 0.5) is 0 Å². The van der Waals surface area contributed by atoms with E-state index in [0.717, 1.165) is 96.3 Å². The van der Waals surface area contributed by atoms with Crippen molar-refractivity contribution in [3.63, 3.8) is 0 Å². The Bertz CT molecular complexity index is 1170. The lowest BCUT2D eigenvalue weighted by Gasteiger charge is -2.40. The van der Waals surface area contributed by atoms with E-state index in [4.69, 9.17) is 18.9 Å². The molecule has 0 aliphatic carbocycles. The zero-order valence-corrected chi connectivity index (χ0v) is 39.3. The Kier molecular flexibility index (Phi) is 31.9. The standard InChI is InChI=1S/C48H89NO12/c1-8-11-14-17-20-23-37(33-58-48-46(56)45(55)35(6)36(7)59-48)27-43(53)61-42(25-22-19-16-13-10-3)30-44(54)60-41(24-21-18-15-12-9-2)29-40(52)28-38(31-50)47(57)49-39(32-51)26-34(4)5/h34-39,41-42,45-46,48,50-51,55-56H,8-33H2,1-7H3,(H,49,57). The fraction of sp³-hybridized carbons (Fsp3) is 0.917. The van der Waals surface area contributed by atoms with Gasteiger partial charge in [-0.25, -0.2) is 0 Å². The highest BCUT2D eigenvalue weighted by Crippen LogP contribution is 2.28.